The Labute approximate surface area is 111 Å². The second-order valence-corrected chi connectivity index (χ2v) is 4.70. The average molecular weight is 247 g/mol. The first-order valence-corrected chi connectivity index (χ1v) is 6.82. The molecule has 1 rings (SSSR count). The molecule has 0 saturated heterocycles. The summed E-state index contributed by atoms with van der Waals surface area (Å²) >= 11 is 0. The van der Waals surface area contributed by atoms with E-state index in [0.29, 0.717) is 12.6 Å². The van der Waals surface area contributed by atoms with Gasteiger partial charge in [-0.3, -0.25) is 0 Å². The summed E-state index contributed by atoms with van der Waals surface area (Å²) in [6.07, 6.45) is 6.47. The SMILES string of the molecule is CC(C)NCCCCOCC=Cc1ccccc1. The minimum Gasteiger partial charge on any atom is -0.377 e. The van der Waals surface area contributed by atoms with Gasteiger partial charge in [-0.15, -0.1) is 0 Å². The number of hydrogen-bond donors (Lipinski definition) is 1. The van der Waals surface area contributed by atoms with Gasteiger partial charge in [0, 0.05) is 12.6 Å². The van der Waals surface area contributed by atoms with E-state index in [9.17, 15) is 0 Å². The lowest BCUT2D eigenvalue weighted by atomic mass is 10.2. The lowest BCUT2D eigenvalue weighted by Crippen LogP contribution is -2.23. The van der Waals surface area contributed by atoms with Gasteiger partial charge >= 0.3 is 0 Å². The normalized spacial score (nSPS) is 11.5. The fraction of sp³-hybridized carbons (Fsp3) is 0.500. The topological polar surface area (TPSA) is 21.3 Å². The van der Waals surface area contributed by atoms with Gasteiger partial charge in [-0.05, 0) is 24.9 Å². The van der Waals surface area contributed by atoms with Gasteiger partial charge in [-0.2, -0.15) is 0 Å². The molecule has 2 nitrogen and oxygen atoms in total. The number of ether oxygens (including phenoxy) is 1. The maximum absolute atomic E-state index is 5.55. The number of hydrogen-bond acceptors (Lipinski definition) is 2. The zero-order valence-corrected chi connectivity index (χ0v) is 11.6. The highest BCUT2D eigenvalue weighted by atomic mass is 16.5. The summed E-state index contributed by atoms with van der Waals surface area (Å²) in [5, 5.41) is 3.40. The zero-order valence-electron chi connectivity index (χ0n) is 11.6. The van der Waals surface area contributed by atoms with Crippen LogP contribution in [0.15, 0.2) is 36.4 Å². The smallest absolute Gasteiger partial charge is 0.0650 e. The van der Waals surface area contributed by atoms with E-state index in [1.54, 1.807) is 0 Å². The van der Waals surface area contributed by atoms with Crippen LogP contribution < -0.4 is 5.32 Å². The first-order chi connectivity index (χ1) is 8.79. The molecule has 0 heterocycles. The third-order valence-corrected chi connectivity index (χ3v) is 2.59. The van der Waals surface area contributed by atoms with Crippen LogP contribution in [-0.2, 0) is 4.74 Å². The molecule has 0 aliphatic rings. The Morgan fingerprint density at radius 2 is 1.94 bits per heavy atom. The molecule has 0 atom stereocenters. The largest absolute Gasteiger partial charge is 0.377 e. The van der Waals surface area contributed by atoms with Crippen LogP contribution in [0.3, 0.4) is 0 Å². The van der Waals surface area contributed by atoms with E-state index < -0.39 is 0 Å². The van der Waals surface area contributed by atoms with Crippen LogP contribution >= 0.6 is 0 Å². The van der Waals surface area contributed by atoms with Crippen molar-refractivity contribution in [2.75, 3.05) is 19.8 Å². The first-order valence-electron chi connectivity index (χ1n) is 6.82. The van der Waals surface area contributed by atoms with E-state index in [1.165, 1.54) is 12.0 Å². The van der Waals surface area contributed by atoms with Gasteiger partial charge < -0.3 is 10.1 Å². The Bertz CT molecular complexity index is 319. The predicted octanol–water partition coefficient (Wildman–Crippen LogP) is 3.49. The van der Waals surface area contributed by atoms with Crippen molar-refractivity contribution in [1.29, 1.82) is 0 Å². The van der Waals surface area contributed by atoms with Gasteiger partial charge in [0.1, 0.15) is 0 Å². The van der Waals surface area contributed by atoms with E-state index in [0.717, 1.165) is 19.6 Å². The highest BCUT2D eigenvalue weighted by Gasteiger charge is 1.92. The molecule has 0 spiro atoms. The van der Waals surface area contributed by atoms with E-state index in [1.807, 2.05) is 18.2 Å². The molecule has 0 unspecified atom stereocenters. The Hall–Kier alpha value is -1.12. The van der Waals surface area contributed by atoms with Crippen molar-refractivity contribution < 1.29 is 4.74 Å². The van der Waals surface area contributed by atoms with E-state index in [4.69, 9.17) is 4.74 Å². The summed E-state index contributed by atoms with van der Waals surface area (Å²) < 4.78 is 5.55. The summed E-state index contributed by atoms with van der Waals surface area (Å²) in [4.78, 5) is 0. The van der Waals surface area contributed by atoms with Crippen molar-refractivity contribution >= 4 is 6.08 Å². The summed E-state index contributed by atoms with van der Waals surface area (Å²) in [7, 11) is 0. The van der Waals surface area contributed by atoms with Gasteiger partial charge in [0.2, 0.25) is 0 Å². The van der Waals surface area contributed by atoms with Crippen LogP contribution in [0.2, 0.25) is 0 Å². The quantitative estimate of drug-likeness (QED) is 0.674. The third-order valence-electron chi connectivity index (χ3n) is 2.59. The number of benzene rings is 1. The minimum atomic E-state index is 0.583. The molecule has 0 bridgehead atoms. The van der Waals surface area contributed by atoms with Crippen LogP contribution in [0, 0.1) is 0 Å². The summed E-state index contributed by atoms with van der Waals surface area (Å²) in [6.45, 7) is 6.97. The molecule has 0 fully saturated rings. The van der Waals surface area contributed by atoms with Crippen LogP contribution in [0.1, 0.15) is 32.3 Å². The second kappa shape index (κ2) is 9.86. The molecule has 0 saturated carbocycles. The van der Waals surface area contributed by atoms with Gasteiger partial charge in [0.05, 0.1) is 6.61 Å². The summed E-state index contributed by atoms with van der Waals surface area (Å²) in [5.74, 6) is 0. The van der Waals surface area contributed by atoms with Gasteiger partial charge in [-0.1, -0.05) is 56.3 Å². The molecule has 2 heteroatoms. The molecule has 0 aliphatic carbocycles. The number of unbranched alkanes of at least 4 members (excludes halogenated alkanes) is 1. The first kappa shape index (κ1) is 14.9. The molecule has 1 N–H and O–H groups in total. The van der Waals surface area contributed by atoms with Crippen molar-refractivity contribution in [3.8, 4) is 0 Å². The fourth-order valence-electron chi connectivity index (χ4n) is 1.62. The Morgan fingerprint density at radius 1 is 1.17 bits per heavy atom. The maximum Gasteiger partial charge on any atom is 0.0650 e. The monoisotopic (exact) mass is 247 g/mol. The van der Waals surface area contributed by atoms with Crippen LogP contribution in [0.4, 0.5) is 0 Å². The lowest BCUT2D eigenvalue weighted by Gasteiger charge is -2.07. The second-order valence-electron chi connectivity index (χ2n) is 4.70. The molecule has 0 aliphatic heterocycles. The number of nitrogens with one attached hydrogen (secondary N) is 1. The molecule has 100 valence electrons. The molecule has 0 amide bonds. The molecule has 0 aromatic heterocycles. The molecule has 1 aromatic rings. The van der Waals surface area contributed by atoms with Crippen molar-refractivity contribution in [3.05, 3.63) is 42.0 Å². The van der Waals surface area contributed by atoms with Crippen molar-refractivity contribution in [2.45, 2.75) is 32.7 Å². The van der Waals surface area contributed by atoms with Gasteiger partial charge in [-0.25, -0.2) is 0 Å². The van der Waals surface area contributed by atoms with E-state index >= 15 is 0 Å². The fourth-order valence-corrected chi connectivity index (χ4v) is 1.62. The molecular formula is C16H25NO. The van der Waals surface area contributed by atoms with E-state index in [-0.39, 0.29) is 0 Å². The Kier molecular flexibility index (Phi) is 8.19. The standard InChI is InChI=1S/C16H25NO/c1-15(2)17-12-6-7-13-18-14-8-11-16-9-4-3-5-10-16/h3-5,8-11,15,17H,6-7,12-14H2,1-2H3. The molecule has 1 aromatic carbocycles. The summed E-state index contributed by atoms with van der Waals surface area (Å²) in [5.41, 5.74) is 1.22. The van der Waals surface area contributed by atoms with Crippen LogP contribution in [0.25, 0.3) is 6.08 Å². The maximum atomic E-state index is 5.55. The highest BCUT2D eigenvalue weighted by molar-refractivity contribution is 5.48. The van der Waals surface area contributed by atoms with E-state index in [2.05, 4.69) is 43.4 Å². The minimum absolute atomic E-state index is 0.583. The van der Waals surface area contributed by atoms with Crippen LogP contribution in [-0.4, -0.2) is 25.8 Å². The highest BCUT2D eigenvalue weighted by Crippen LogP contribution is 2.00. The van der Waals surface area contributed by atoms with Gasteiger partial charge in [0.15, 0.2) is 0 Å². The van der Waals surface area contributed by atoms with Gasteiger partial charge in [0.25, 0.3) is 0 Å². The average Bonchev–Trinajstić information content (AvgIpc) is 2.37. The Balaban J connectivity index is 1.94. The molecule has 18 heavy (non-hydrogen) atoms. The number of rotatable bonds is 9. The predicted molar refractivity (Wildman–Crippen MR) is 78.7 cm³/mol. The third kappa shape index (κ3) is 8.04. The van der Waals surface area contributed by atoms with Crippen molar-refractivity contribution in [1.82, 2.24) is 5.32 Å². The lowest BCUT2D eigenvalue weighted by molar-refractivity contribution is 0.158. The zero-order chi connectivity index (χ0) is 13.1. The van der Waals surface area contributed by atoms with Crippen LogP contribution in [0.5, 0.6) is 0 Å². The Morgan fingerprint density at radius 3 is 2.67 bits per heavy atom. The molecule has 0 radical (unpaired) electrons. The van der Waals surface area contributed by atoms with Crippen molar-refractivity contribution in [3.63, 3.8) is 0 Å². The molecular weight excluding hydrogens is 222 g/mol. The van der Waals surface area contributed by atoms with Crippen molar-refractivity contribution in [2.24, 2.45) is 0 Å². The summed E-state index contributed by atoms with van der Waals surface area (Å²) in [6, 6.07) is 10.9.